The van der Waals surface area contributed by atoms with Crippen molar-refractivity contribution in [1.29, 1.82) is 5.26 Å². The first-order chi connectivity index (χ1) is 7.63. The molecule has 1 aromatic rings. The van der Waals surface area contributed by atoms with Crippen molar-refractivity contribution in [3.8, 4) is 6.07 Å². The molecule has 0 bridgehead atoms. The predicted molar refractivity (Wildman–Crippen MR) is 56.5 cm³/mol. The van der Waals surface area contributed by atoms with Gasteiger partial charge in [-0.3, -0.25) is 4.79 Å². The molecule has 0 fully saturated rings. The molecule has 1 rings (SSSR count). The van der Waals surface area contributed by atoms with Crippen molar-refractivity contribution in [2.45, 2.75) is 6.42 Å². The number of carboxylic acid groups (broad SMARTS) is 1. The highest BCUT2D eigenvalue weighted by molar-refractivity contribution is 5.67. The normalized spacial score (nSPS) is 9.50. The molecule has 0 saturated carbocycles. The highest BCUT2D eigenvalue weighted by Gasteiger charge is 2.08. The maximum absolute atomic E-state index is 12.7. The highest BCUT2D eigenvalue weighted by Crippen LogP contribution is 2.14. The highest BCUT2D eigenvalue weighted by atomic mass is 19.1. The van der Waals surface area contributed by atoms with Crippen LogP contribution in [0.2, 0.25) is 0 Å². The van der Waals surface area contributed by atoms with E-state index in [0.717, 1.165) is 0 Å². The molecule has 0 aromatic heterocycles. The molecular weight excluding hydrogens is 211 g/mol. The summed E-state index contributed by atoms with van der Waals surface area (Å²) in [5.41, 5.74) is 0.643. The minimum atomic E-state index is -0.926. The van der Waals surface area contributed by atoms with Gasteiger partial charge in [0.25, 0.3) is 0 Å². The fourth-order valence-electron chi connectivity index (χ4n) is 1.27. The van der Waals surface area contributed by atoms with Crippen LogP contribution in [0.25, 0.3) is 0 Å². The van der Waals surface area contributed by atoms with E-state index in [1.807, 2.05) is 6.07 Å². The Balaban J connectivity index is 2.73. The maximum atomic E-state index is 12.7. The summed E-state index contributed by atoms with van der Waals surface area (Å²) >= 11 is 0. The monoisotopic (exact) mass is 222 g/mol. The van der Waals surface area contributed by atoms with Gasteiger partial charge in [-0.1, -0.05) is 0 Å². The van der Waals surface area contributed by atoms with Crippen LogP contribution in [0, 0.1) is 17.1 Å². The fraction of sp³-hybridized carbons (Fsp3) is 0.273. The second kappa shape index (κ2) is 5.71. The average molecular weight is 222 g/mol. The van der Waals surface area contributed by atoms with Crippen molar-refractivity contribution < 1.29 is 14.3 Å². The number of aliphatic carboxylic acids is 1. The van der Waals surface area contributed by atoms with Gasteiger partial charge >= 0.3 is 5.97 Å². The molecule has 0 aliphatic heterocycles. The molecule has 1 N–H and O–H groups in total. The van der Waals surface area contributed by atoms with E-state index >= 15 is 0 Å². The van der Waals surface area contributed by atoms with Gasteiger partial charge in [0.15, 0.2) is 0 Å². The summed E-state index contributed by atoms with van der Waals surface area (Å²) in [5.74, 6) is -1.29. The zero-order chi connectivity index (χ0) is 12.0. The Hall–Kier alpha value is -2.09. The molecule has 0 atom stereocenters. The van der Waals surface area contributed by atoms with Gasteiger partial charge in [-0.25, -0.2) is 4.39 Å². The van der Waals surface area contributed by atoms with Crippen LogP contribution in [0.1, 0.15) is 6.42 Å². The van der Waals surface area contributed by atoms with Crippen LogP contribution in [0.15, 0.2) is 24.3 Å². The van der Waals surface area contributed by atoms with Crippen LogP contribution in [-0.4, -0.2) is 24.2 Å². The lowest BCUT2D eigenvalue weighted by molar-refractivity contribution is -0.136. The molecule has 4 nitrogen and oxygen atoms in total. The molecular formula is C11H11FN2O2. The number of hydrogen-bond acceptors (Lipinski definition) is 3. The van der Waals surface area contributed by atoms with E-state index in [2.05, 4.69) is 0 Å². The first kappa shape index (κ1) is 12.0. The Labute approximate surface area is 92.5 Å². The standard InChI is InChI=1S/C11H11FN2O2/c12-9-1-3-10(4-2-9)14(8-6-13)7-5-11(15)16/h1-4H,5,7-8H2,(H,15,16). The summed E-state index contributed by atoms with van der Waals surface area (Å²) < 4.78 is 12.7. The predicted octanol–water partition coefficient (Wildman–Crippen LogP) is 1.63. The fourth-order valence-corrected chi connectivity index (χ4v) is 1.27. The van der Waals surface area contributed by atoms with Crippen LogP contribution in [0.4, 0.5) is 10.1 Å². The summed E-state index contributed by atoms with van der Waals surface area (Å²) in [6.45, 7) is 0.313. The number of halogens is 1. The van der Waals surface area contributed by atoms with Gasteiger partial charge in [0.05, 0.1) is 12.5 Å². The third-order valence-corrected chi connectivity index (χ3v) is 2.05. The molecule has 84 valence electrons. The number of benzene rings is 1. The lowest BCUT2D eigenvalue weighted by Crippen LogP contribution is -2.26. The van der Waals surface area contributed by atoms with Gasteiger partial charge in [0.2, 0.25) is 0 Å². The Bertz CT molecular complexity index is 397. The number of anilines is 1. The van der Waals surface area contributed by atoms with Gasteiger partial charge in [-0.2, -0.15) is 5.26 Å². The Morgan fingerprint density at radius 1 is 1.44 bits per heavy atom. The summed E-state index contributed by atoms with van der Waals surface area (Å²) in [6.07, 6.45) is -0.0565. The number of rotatable bonds is 5. The van der Waals surface area contributed by atoms with Crippen LogP contribution < -0.4 is 4.90 Å². The van der Waals surface area contributed by atoms with Crippen molar-refractivity contribution >= 4 is 11.7 Å². The number of nitriles is 1. The minimum absolute atomic E-state index is 0.0565. The molecule has 0 aliphatic rings. The van der Waals surface area contributed by atoms with Gasteiger partial charge in [0.1, 0.15) is 12.4 Å². The number of hydrogen-bond donors (Lipinski definition) is 1. The van der Waals surface area contributed by atoms with E-state index in [-0.39, 0.29) is 25.3 Å². The van der Waals surface area contributed by atoms with Gasteiger partial charge in [0, 0.05) is 12.2 Å². The molecule has 0 spiro atoms. The SMILES string of the molecule is N#CCN(CCC(=O)O)c1ccc(F)cc1. The second-order valence-corrected chi connectivity index (χ2v) is 3.20. The second-order valence-electron chi connectivity index (χ2n) is 3.20. The number of carbonyl (C=O) groups is 1. The zero-order valence-corrected chi connectivity index (χ0v) is 8.56. The third-order valence-electron chi connectivity index (χ3n) is 2.05. The van der Waals surface area contributed by atoms with Crippen molar-refractivity contribution in [3.63, 3.8) is 0 Å². The van der Waals surface area contributed by atoms with Gasteiger partial charge in [-0.15, -0.1) is 0 Å². The molecule has 5 heteroatoms. The van der Waals surface area contributed by atoms with E-state index in [0.29, 0.717) is 5.69 Å². The van der Waals surface area contributed by atoms with Crippen LogP contribution in [-0.2, 0) is 4.79 Å². The van der Waals surface area contributed by atoms with Crippen molar-refractivity contribution in [1.82, 2.24) is 0 Å². The van der Waals surface area contributed by atoms with Crippen LogP contribution >= 0.6 is 0 Å². The summed E-state index contributed by atoms with van der Waals surface area (Å²) in [7, 11) is 0. The number of carboxylic acids is 1. The Kier molecular flexibility index (Phi) is 4.28. The first-order valence-electron chi connectivity index (χ1n) is 4.72. The van der Waals surface area contributed by atoms with E-state index in [1.54, 1.807) is 4.90 Å². The molecule has 1 aromatic carbocycles. The smallest absolute Gasteiger partial charge is 0.305 e. The summed E-state index contributed by atoms with van der Waals surface area (Å²) in [6, 6.07) is 7.55. The summed E-state index contributed by atoms with van der Waals surface area (Å²) in [5, 5.41) is 17.2. The molecule has 0 unspecified atom stereocenters. The zero-order valence-electron chi connectivity index (χ0n) is 8.56. The molecule has 0 amide bonds. The van der Waals surface area contributed by atoms with Crippen LogP contribution in [0.3, 0.4) is 0 Å². The van der Waals surface area contributed by atoms with Gasteiger partial charge in [-0.05, 0) is 24.3 Å². The van der Waals surface area contributed by atoms with Crippen molar-refractivity contribution in [2.24, 2.45) is 0 Å². The Morgan fingerprint density at radius 2 is 2.06 bits per heavy atom. The summed E-state index contributed by atoms with van der Waals surface area (Å²) in [4.78, 5) is 12.0. The average Bonchev–Trinajstić information content (AvgIpc) is 2.25. The Morgan fingerprint density at radius 3 is 2.56 bits per heavy atom. The minimum Gasteiger partial charge on any atom is -0.481 e. The lowest BCUT2D eigenvalue weighted by Gasteiger charge is -2.20. The molecule has 0 aliphatic carbocycles. The van der Waals surface area contributed by atoms with Crippen molar-refractivity contribution in [2.75, 3.05) is 18.0 Å². The van der Waals surface area contributed by atoms with E-state index in [1.165, 1.54) is 24.3 Å². The van der Waals surface area contributed by atoms with E-state index in [9.17, 15) is 9.18 Å². The quantitative estimate of drug-likeness (QED) is 0.769. The topological polar surface area (TPSA) is 64.3 Å². The van der Waals surface area contributed by atoms with Gasteiger partial charge < -0.3 is 10.0 Å². The van der Waals surface area contributed by atoms with E-state index in [4.69, 9.17) is 10.4 Å². The largest absolute Gasteiger partial charge is 0.481 e. The third kappa shape index (κ3) is 3.58. The van der Waals surface area contributed by atoms with Crippen LogP contribution in [0.5, 0.6) is 0 Å². The first-order valence-corrected chi connectivity index (χ1v) is 4.72. The molecule has 0 heterocycles. The molecule has 16 heavy (non-hydrogen) atoms. The van der Waals surface area contributed by atoms with Crippen molar-refractivity contribution in [3.05, 3.63) is 30.1 Å². The molecule has 0 saturated heterocycles. The lowest BCUT2D eigenvalue weighted by atomic mass is 10.2. The van der Waals surface area contributed by atoms with E-state index < -0.39 is 5.97 Å². The maximum Gasteiger partial charge on any atom is 0.305 e. The number of nitrogens with zero attached hydrogens (tertiary/aromatic N) is 2. The molecule has 0 radical (unpaired) electrons.